The summed E-state index contributed by atoms with van der Waals surface area (Å²) < 4.78 is 7.39. The van der Waals surface area contributed by atoms with Gasteiger partial charge in [0, 0.05) is 50.9 Å². The van der Waals surface area contributed by atoms with Crippen LogP contribution in [0, 0.1) is 19.8 Å². The number of methoxy groups -OCH3 is 1. The van der Waals surface area contributed by atoms with Gasteiger partial charge in [-0.15, -0.1) is 0 Å². The van der Waals surface area contributed by atoms with E-state index in [1.54, 1.807) is 16.9 Å². The predicted octanol–water partition coefficient (Wildman–Crippen LogP) is 2.80. The molecule has 0 spiro atoms. The van der Waals surface area contributed by atoms with Gasteiger partial charge in [-0.2, -0.15) is 5.10 Å². The minimum absolute atomic E-state index is 0.0946. The van der Waals surface area contributed by atoms with Gasteiger partial charge < -0.3 is 14.5 Å². The summed E-state index contributed by atoms with van der Waals surface area (Å²) in [5.41, 5.74) is 3.11. The van der Waals surface area contributed by atoms with Crippen LogP contribution in [0.3, 0.4) is 0 Å². The van der Waals surface area contributed by atoms with Crippen molar-refractivity contribution < 1.29 is 14.3 Å². The molecule has 30 heavy (non-hydrogen) atoms. The Morgan fingerprint density at radius 3 is 2.77 bits per heavy atom. The Balaban J connectivity index is 1.54. The number of aryl methyl sites for hydroxylation is 3. The van der Waals surface area contributed by atoms with Gasteiger partial charge in [-0.25, -0.2) is 0 Å². The van der Waals surface area contributed by atoms with Gasteiger partial charge >= 0.3 is 0 Å². The number of likely N-dealkylation sites (tertiary alicyclic amines) is 1. The number of para-hydroxylation sites is 1. The van der Waals surface area contributed by atoms with Crippen molar-refractivity contribution in [2.45, 2.75) is 46.2 Å². The van der Waals surface area contributed by atoms with Gasteiger partial charge in [0.2, 0.25) is 11.8 Å². The molecule has 1 aliphatic rings. The number of hydrogen-bond donors (Lipinski definition) is 0. The molecule has 3 rings (SSSR count). The van der Waals surface area contributed by atoms with Crippen LogP contribution >= 0.6 is 0 Å². The van der Waals surface area contributed by atoms with Crippen molar-refractivity contribution in [3.05, 3.63) is 47.3 Å². The number of rotatable bonds is 8. The molecule has 0 bridgehead atoms. The SMILES string of the molecule is COc1ccccc1CN1C[C@@H](C(=O)N(C)CCCn2nc(C)cc2C)CCC1=O. The summed E-state index contributed by atoms with van der Waals surface area (Å²) in [5.74, 6) is 0.814. The fourth-order valence-corrected chi connectivity index (χ4v) is 4.09. The van der Waals surface area contributed by atoms with Crippen molar-refractivity contribution in [3.8, 4) is 5.75 Å². The molecule has 1 aromatic carbocycles. The maximum atomic E-state index is 13.0. The van der Waals surface area contributed by atoms with Gasteiger partial charge in [0.25, 0.3) is 0 Å². The van der Waals surface area contributed by atoms with Gasteiger partial charge in [-0.3, -0.25) is 14.3 Å². The molecule has 0 N–H and O–H groups in total. The van der Waals surface area contributed by atoms with Crippen LogP contribution in [0.4, 0.5) is 0 Å². The largest absolute Gasteiger partial charge is 0.496 e. The van der Waals surface area contributed by atoms with Crippen molar-refractivity contribution >= 4 is 11.8 Å². The lowest BCUT2D eigenvalue weighted by Gasteiger charge is -2.34. The summed E-state index contributed by atoms with van der Waals surface area (Å²) >= 11 is 0. The van der Waals surface area contributed by atoms with Crippen molar-refractivity contribution in [1.82, 2.24) is 19.6 Å². The van der Waals surface area contributed by atoms with Gasteiger partial charge in [0.1, 0.15) is 5.75 Å². The summed E-state index contributed by atoms with van der Waals surface area (Å²) in [6, 6.07) is 9.76. The van der Waals surface area contributed by atoms with Crippen LogP contribution in [-0.4, -0.2) is 58.6 Å². The topological polar surface area (TPSA) is 67.7 Å². The number of piperidine rings is 1. The van der Waals surface area contributed by atoms with Crippen LogP contribution in [0.5, 0.6) is 5.75 Å². The highest BCUT2D eigenvalue weighted by molar-refractivity contribution is 5.83. The number of aromatic nitrogens is 2. The standard InChI is InChI=1S/C23H32N4O3/c1-17-14-18(2)27(24-17)13-7-12-25(3)23(29)20-10-11-22(28)26(16-20)15-19-8-5-6-9-21(19)30-4/h5-6,8-9,14,20H,7,10-13,15-16H2,1-4H3/t20-/m0/s1. The van der Waals surface area contributed by atoms with E-state index in [-0.39, 0.29) is 17.7 Å². The van der Waals surface area contributed by atoms with Crippen LogP contribution in [-0.2, 0) is 22.7 Å². The zero-order chi connectivity index (χ0) is 21.7. The van der Waals surface area contributed by atoms with E-state index in [4.69, 9.17) is 4.74 Å². The Kier molecular flexibility index (Phi) is 7.13. The fourth-order valence-electron chi connectivity index (χ4n) is 4.09. The summed E-state index contributed by atoms with van der Waals surface area (Å²) in [7, 11) is 3.48. The number of amides is 2. The quantitative estimate of drug-likeness (QED) is 0.669. The molecule has 162 valence electrons. The van der Waals surface area contributed by atoms with Crippen LogP contribution in [0.15, 0.2) is 30.3 Å². The third kappa shape index (κ3) is 5.20. The summed E-state index contributed by atoms with van der Waals surface area (Å²) in [4.78, 5) is 29.0. The lowest BCUT2D eigenvalue weighted by Crippen LogP contribution is -2.46. The molecule has 2 amide bonds. The van der Waals surface area contributed by atoms with Crippen LogP contribution < -0.4 is 4.74 Å². The van der Waals surface area contributed by atoms with E-state index in [2.05, 4.69) is 11.2 Å². The smallest absolute Gasteiger partial charge is 0.227 e. The Labute approximate surface area is 178 Å². The highest BCUT2D eigenvalue weighted by atomic mass is 16.5. The van der Waals surface area contributed by atoms with Crippen molar-refractivity contribution in [2.75, 3.05) is 27.2 Å². The Morgan fingerprint density at radius 2 is 2.07 bits per heavy atom. The zero-order valence-electron chi connectivity index (χ0n) is 18.4. The first kappa shape index (κ1) is 21.9. The lowest BCUT2D eigenvalue weighted by atomic mass is 9.95. The third-order valence-corrected chi connectivity index (χ3v) is 5.75. The minimum atomic E-state index is -0.156. The summed E-state index contributed by atoms with van der Waals surface area (Å²) in [6.45, 7) is 6.42. The Morgan fingerprint density at radius 1 is 1.30 bits per heavy atom. The third-order valence-electron chi connectivity index (χ3n) is 5.75. The fraction of sp³-hybridized carbons (Fsp3) is 0.522. The number of nitrogens with zero attached hydrogens (tertiary/aromatic N) is 4. The van der Waals surface area contributed by atoms with Crippen molar-refractivity contribution in [2.24, 2.45) is 5.92 Å². The number of benzene rings is 1. The van der Waals surface area contributed by atoms with Crippen LogP contribution in [0.2, 0.25) is 0 Å². The number of carbonyl (C=O) groups is 2. The molecule has 0 unspecified atom stereocenters. The highest BCUT2D eigenvalue weighted by Gasteiger charge is 2.32. The zero-order valence-corrected chi connectivity index (χ0v) is 18.4. The molecule has 1 aliphatic heterocycles. The first-order valence-corrected chi connectivity index (χ1v) is 10.5. The summed E-state index contributed by atoms with van der Waals surface area (Å²) in [5, 5.41) is 4.47. The molecule has 1 saturated heterocycles. The van der Waals surface area contributed by atoms with Gasteiger partial charge in [0.05, 0.1) is 18.7 Å². The molecular formula is C23H32N4O3. The second-order valence-corrected chi connectivity index (χ2v) is 8.09. The highest BCUT2D eigenvalue weighted by Crippen LogP contribution is 2.25. The van der Waals surface area contributed by atoms with E-state index < -0.39 is 0 Å². The predicted molar refractivity (Wildman–Crippen MR) is 115 cm³/mol. The average molecular weight is 413 g/mol. The molecule has 1 atom stereocenters. The molecule has 1 aromatic heterocycles. The normalized spacial score (nSPS) is 16.6. The average Bonchev–Trinajstić information content (AvgIpc) is 3.06. The van der Waals surface area contributed by atoms with E-state index in [0.29, 0.717) is 32.5 Å². The minimum Gasteiger partial charge on any atom is -0.496 e. The second kappa shape index (κ2) is 9.78. The molecule has 1 fully saturated rings. The van der Waals surface area contributed by atoms with E-state index in [1.807, 2.05) is 49.8 Å². The van der Waals surface area contributed by atoms with Crippen LogP contribution in [0.1, 0.15) is 36.2 Å². The maximum Gasteiger partial charge on any atom is 0.227 e. The van der Waals surface area contributed by atoms with Crippen molar-refractivity contribution in [1.29, 1.82) is 0 Å². The number of carbonyl (C=O) groups excluding carboxylic acids is 2. The molecule has 0 radical (unpaired) electrons. The lowest BCUT2D eigenvalue weighted by molar-refractivity contribution is -0.142. The Bertz CT molecular complexity index is 892. The number of hydrogen-bond acceptors (Lipinski definition) is 4. The van der Waals surface area contributed by atoms with E-state index in [9.17, 15) is 9.59 Å². The number of ether oxygens (including phenoxy) is 1. The maximum absolute atomic E-state index is 13.0. The molecule has 2 heterocycles. The monoisotopic (exact) mass is 412 g/mol. The molecule has 0 saturated carbocycles. The second-order valence-electron chi connectivity index (χ2n) is 8.09. The molecule has 0 aliphatic carbocycles. The molecule has 2 aromatic rings. The van der Waals surface area contributed by atoms with Gasteiger partial charge in [-0.05, 0) is 38.8 Å². The first-order chi connectivity index (χ1) is 14.4. The molecule has 7 nitrogen and oxygen atoms in total. The van der Waals surface area contributed by atoms with E-state index in [1.165, 1.54) is 0 Å². The van der Waals surface area contributed by atoms with Crippen LogP contribution in [0.25, 0.3) is 0 Å². The molecule has 7 heteroatoms. The van der Waals surface area contributed by atoms with Gasteiger partial charge in [-0.1, -0.05) is 18.2 Å². The van der Waals surface area contributed by atoms with Gasteiger partial charge in [0.15, 0.2) is 0 Å². The Hall–Kier alpha value is -2.83. The summed E-state index contributed by atoms with van der Waals surface area (Å²) in [6.07, 6.45) is 1.87. The van der Waals surface area contributed by atoms with E-state index >= 15 is 0 Å². The van der Waals surface area contributed by atoms with Crippen molar-refractivity contribution in [3.63, 3.8) is 0 Å². The first-order valence-electron chi connectivity index (χ1n) is 10.5. The van der Waals surface area contributed by atoms with E-state index in [0.717, 1.165) is 35.7 Å². The molecular weight excluding hydrogens is 380 g/mol.